The van der Waals surface area contributed by atoms with E-state index >= 15 is 0 Å². The van der Waals surface area contributed by atoms with Crippen LogP contribution in [0.5, 0.6) is 0 Å². The van der Waals surface area contributed by atoms with Crippen LogP contribution < -0.4 is 5.32 Å². The van der Waals surface area contributed by atoms with Crippen LogP contribution >= 0.6 is 0 Å². The van der Waals surface area contributed by atoms with Crippen molar-refractivity contribution in [3.05, 3.63) is 60.4 Å². The smallest absolute Gasteiger partial charge is 0.0645 e. The van der Waals surface area contributed by atoms with Gasteiger partial charge in [0.15, 0.2) is 0 Å². The van der Waals surface area contributed by atoms with Crippen LogP contribution in [0.25, 0.3) is 0 Å². The number of hydrogen-bond donors (Lipinski definition) is 1. The number of benzene rings is 2. The van der Waals surface area contributed by atoms with Crippen molar-refractivity contribution in [1.82, 2.24) is 0 Å². The van der Waals surface area contributed by atoms with Gasteiger partial charge in [-0.2, -0.15) is 0 Å². The SMILES string of the molecule is [2H]c1c([2H])c([2H])c(Nc2c([2H])c([2H])c([2H])c([2H])c2[2H])c([2H])c1[2H]. The highest BCUT2D eigenvalue weighted by Gasteiger charge is 1.89. The lowest BCUT2D eigenvalue weighted by molar-refractivity contribution is 1.55. The van der Waals surface area contributed by atoms with Crippen molar-refractivity contribution in [3.63, 3.8) is 0 Å². The number of nitrogens with one attached hydrogen (secondary N) is 1. The van der Waals surface area contributed by atoms with Gasteiger partial charge in [-0.05, 0) is 24.2 Å². The molecule has 1 nitrogen and oxygen atoms in total. The molecule has 0 aliphatic carbocycles. The Balaban J connectivity index is 2.71. The fraction of sp³-hybridized carbons (Fsp3) is 0. The van der Waals surface area contributed by atoms with E-state index in [-0.39, 0.29) is 11.4 Å². The van der Waals surface area contributed by atoms with Gasteiger partial charge in [0.05, 0.1) is 13.7 Å². The minimum Gasteiger partial charge on any atom is -0.356 e. The van der Waals surface area contributed by atoms with Crippen molar-refractivity contribution >= 4 is 11.4 Å². The molecule has 2 rings (SSSR count). The zero-order valence-corrected chi connectivity index (χ0v) is 6.50. The van der Waals surface area contributed by atoms with E-state index in [0.29, 0.717) is 0 Å². The molecule has 0 saturated carbocycles. The maximum atomic E-state index is 7.79. The molecular formula is C12H11N. The Morgan fingerprint density at radius 3 is 1.46 bits per heavy atom. The van der Waals surface area contributed by atoms with Crippen molar-refractivity contribution in [3.8, 4) is 0 Å². The van der Waals surface area contributed by atoms with Gasteiger partial charge in [0.2, 0.25) is 0 Å². The summed E-state index contributed by atoms with van der Waals surface area (Å²) in [5.41, 5.74) is -0.705. The summed E-state index contributed by atoms with van der Waals surface area (Å²) in [4.78, 5) is 0. The maximum absolute atomic E-state index is 7.79. The molecule has 64 valence electrons. The molecule has 0 saturated heterocycles. The predicted octanol–water partition coefficient (Wildman–Crippen LogP) is 3.43. The van der Waals surface area contributed by atoms with E-state index in [1.165, 1.54) is 0 Å². The summed E-state index contributed by atoms with van der Waals surface area (Å²) in [7, 11) is 0. The minimum absolute atomic E-state index is 0.352. The van der Waals surface area contributed by atoms with Crippen molar-refractivity contribution in [2.24, 2.45) is 0 Å². The van der Waals surface area contributed by atoms with Crippen LogP contribution in [0.2, 0.25) is 0 Å². The average Bonchev–Trinajstić information content (AvgIpc) is 2.54. The van der Waals surface area contributed by atoms with Gasteiger partial charge in [0.1, 0.15) is 0 Å². The number of hydrogen-bond acceptors (Lipinski definition) is 1. The standard InChI is InChI=1S/C12H11N/c1-3-7-11(8-4-1)13-12-9-5-2-6-10-12/h1-10,13H/i1D,2D,3D,4D,5D,6D,7D,8D,9D,10D. The van der Waals surface area contributed by atoms with E-state index in [0.717, 1.165) is 0 Å². The Kier molecular flexibility index (Phi) is 0.690. The first-order valence-electron chi connectivity index (χ1n) is 8.50. The van der Waals surface area contributed by atoms with Gasteiger partial charge in [-0.1, -0.05) is 36.3 Å². The Morgan fingerprint density at radius 1 is 0.692 bits per heavy atom. The third-order valence-electron chi connectivity index (χ3n) is 1.25. The van der Waals surface area contributed by atoms with E-state index in [1.807, 2.05) is 0 Å². The summed E-state index contributed by atoms with van der Waals surface area (Å²) in [5, 5.41) is 2.40. The normalized spacial score (nSPS) is 20.3. The summed E-state index contributed by atoms with van der Waals surface area (Å²) in [6.07, 6.45) is 0. The summed E-state index contributed by atoms with van der Waals surface area (Å²) in [5.74, 6) is 0. The first-order valence-corrected chi connectivity index (χ1v) is 3.50. The monoisotopic (exact) mass is 179 g/mol. The molecule has 0 radical (unpaired) electrons. The quantitative estimate of drug-likeness (QED) is 0.744. The maximum Gasteiger partial charge on any atom is 0.0645 e. The van der Waals surface area contributed by atoms with E-state index < -0.39 is 60.4 Å². The second kappa shape index (κ2) is 3.76. The third-order valence-corrected chi connectivity index (χ3v) is 1.25. The summed E-state index contributed by atoms with van der Waals surface area (Å²) in [6.45, 7) is 0. The highest BCUT2D eigenvalue weighted by atomic mass is 14.9. The lowest BCUT2D eigenvalue weighted by atomic mass is 10.3. The lowest BCUT2D eigenvalue weighted by Crippen LogP contribution is -1.87. The molecule has 0 fully saturated rings. The number of para-hydroxylation sites is 2. The van der Waals surface area contributed by atoms with E-state index in [9.17, 15) is 0 Å². The van der Waals surface area contributed by atoms with Gasteiger partial charge in [0.25, 0.3) is 0 Å². The molecule has 0 aliphatic heterocycles. The predicted molar refractivity (Wildman–Crippen MR) is 56.2 cm³/mol. The molecule has 2 aromatic rings. The van der Waals surface area contributed by atoms with Crippen LogP contribution in [0.1, 0.15) is 13.7 Å². The van der Waals surface area contributed by atoms with Crippen LogP contribution in [-0.4, -0.2) is 0 Å². The Morgan fingerprint density at radius 2 is 1.08 bits per heavy atom. The molecule has 2 aromatic carbocycles. The summed E-state index contributed by atoms with van der Waals surface area (Å²) >= 11 is 0. The molecule has 0 bridgehead atoms. The highest BCUT2D eigenvalue weighted by molar-refractivity contribution is 5.58. The van der Waals surface area contributed by atoms with E-state index in [2.05, 4.69) is 5.32 Å². The molecule has 0 aromatic heterocycles. The zero-order chi connectivity index (χ0) is 17.6. The van der Waals surface area contributed by atoms with Gasteiger partial charge < -0.3 is 5.32 Å². The first-order chi connectivity index (χ1) is 10.6. The van der Waals surface area contributed by atoms with Gasteiger partial charge in [0, 0.05) is 11.4 Å². The highest BCUT2D eigenvalue weighted by Crippen LogP contribution is 2.14. The van der Waals surface area contributed by atoms with Crippen LogP contribution in [0.15, 0.2) is 60.4 Å². The van der Waals surface area contributed by atoms with Crippen molar-refractivity contribution in [2.45, 2.75) is 0 Å². The second-order valence-corrected chi connectivity index (χ2v) is 2.12. The Bertz CT molecular complexity index is 691. The molecule has 0 amide bonds. The molecule has 0 heterocycles. The zero-order valence-electron chi connectivity index (χ0n) is 16.5. The molecule has 1 N–H and O–H groups in total. The molecule has 0 atom stereocenters. The third kappa shape index (κ3) is 2.09. The lowest BCUT2D eigenvalue weighted by Gasteiger charge is -2.04. The van der Waals surface area contributed by atoms with Gasteiger partial charge in [-0.25, -0.2) is 0 Å². The van der Waals surface area contributed by atoms with Crippen LogP contribution in [-0.2, 0) is 0 Å². The Labute approximate surface area is 92.1 Å². The van der Waals surface area contributed by atoms with Gasteiger partial charge in [-0.15, -0.1) is 0 Å². The van der Waals surface area contributed by atoms with Gasteiger partial charge in [-0.3, -0.25) is 0 Å². The molecule has 0 unspecified atom stereocenters. The molecule has 0 spiro atoms. The van der Waals surface area contributed by atoms with Gasteiger partial charge >= 0.3 is 0 Å². The fourth-order valence-electron chi connectivity index (χ4n) is 0.750. The van der Waals surface area contributed by atoms with Crippen LogP contribution in [0.3, 0.4) is 0 Å². The number of anilines is 2. The summed E-state index contributed by atoms with van der Waals surface area (Å²) < 4.78 is 76.5. The first kappa shape index (κ1) is 2.38. The molecule has 13 heavy (non-hydrogen) atoms. The van der Waals surface area contributed by atoms with Crippen molar-refractivity contribution < 1.29 is 13.7 Å². The minimum atomic E-state index is -0.583. The van der Waals surface area contributed by atoms with Crippen molar-refractivity contribution in [2.75, 3.05) is 5.32 Å². The number of rotatable bonds is 2. The van der Waals surface area contributed by atoms with Crippen LogP contribution in [0, 0.1) is 0 Å². The molecular weight excluding hydrogens is 158 g/mol. The Hall–Kier alpha value is -1.76. The van der Waals surface area contributed by atoms with Crippen molar-refractivity contribution in [1.29, 1.82) is 0 Å². The topological polar surface area (TPSA) is 12.0 Å². The second-order valence-electron chi connectivity index (χ2n) is 2.12. The van der Waals surface area contributed by atoms with E-state index in [1.54, 1.807) is 0 Å². The summed E-state index contributed by atoms with van der Waals surface area (Å²) in [6, 6.07) is -5.70. The molecule has 1 heteroatoms. The van der Waals surface area contributed by atoms with Crippen LogP contribution in [0.4, 0.5) is 11.4 Å². The molecule has 0 aliphatic rings. The average molecular weight is 179 g/mol. The van der Waals surface area contributed by atoms with E-state index in [4.69, 9.17) is 13.7 Å². The fourth-order valence-corrected chi connectivity index (χ4v) is 0.750. The largest absolute Gasteiger partial charge is 0.356 e.